The van der Waals surface area contributed by atoms with E-state index in [1.54, 1.807) is 18.5 Å². The minimum absolute atomic E-state index is 0.298. The molecule has 47 heavy (non-hydrogen) atoms. The predicted octanol–water partition coefficient (Wildman–Crippen LogP) is 8.68. The van der Waals surface area contributed by atoms with Crippen molar-refractivity contribution in [2.24, 2.45) is 0 Å². The molecule has 8 nitrogen and oxygen atoms in total. The number of aromatic nitrogens is 2. The van der Waals surface area contributed by atoms with E-state index in [1.165, 1.54) is 116 Å². The first-order valence-corrected chi connectivity index (χ1v) is 20.7. The molecule has 0 spiro atoms. The van der Waals surface area contributed by atoms with Gasteiger partial charge in [0.2, 0.25) is 6.67 Å². The highest BCUT2D eigenvalue weighted by atomic mass is 32.2. The Morgan fingerprint density at radius 1 is 0.787 bits per heavy atom. The molecule has 0 saturated heterocycles. The van der Waals surface area contributed by atoms with Crippen LogP contribution in [0.4, 0.5) is 0 Å². The molecule has 0 aromatic carbocycles. The molecule has 1 aliphatic heterocycles. The Morgan fingerprint density at radius 2 is 1.38 bits per heavy atom. The maximum atomic E-state index is 12.9. The highest BCUT2D eigenvalue weighted by Gasteiger charge is 2.21. The average molecular weight is 678 g/mol. The highest BCUT2D eigenvalue weighted by molar-refractivity contribution is 7.91. The molecule has 270 valence electrons. The second-order valence-electron chi connectivity index (χ2n) is 13.0. The molecular weight excluding hydrogens is 609 g/mol. The molecule has 1 aromatic rings. The Morgan fingerprint density at radius 3 is 2.02 bits per heavy atom. The summed E-state index contributed by atoms with van der Waals surface area (Å²) in [6.07, 6.45) is 36.1. The van der Waals surface area contributed by atoms with E-state index in [0.717, 1.165) is 26.1 Å². The van der Waals surface area contributed by atoms with Gasteiger partial charge in [0, 0.05) is 32.0 Å². The molecule has 2 atom stereocenters. The summed E-state index contributed by atoms with van der Waals surface area (Å²) >= 11 is -1.09. The Kier molecular flexibility index (Phi) is 26.8. The van der Waals surface area contributed by atoms with Crippen LogP contribution >= 0.6 is 0 Å². The molecule has 0 amide bonds. The number of hydrogen-bond donors (Lipinski definition) is 0. The van der Waals surface area contributed by atoms with Gasteiger partial charge in [0.15, 0.2) is 12.3 Å². The van der Waals surface area contributed by atoms with Crippen LogP contribution in [-0.4, -0.2) is 87.5 Å². The van der Waals surface area contributed by atoms with Crippen LogP contribution in [0.25, 0.3) is 0 Å². The first-order valence-electron chi connectivity index (χ1n) is 19.2. The molecule has 1 aliphatic rings. The third-order valence-corrected chi connectivity index (χ3v) is 9.96. The van der Waals surface area contributed by atoms with Crippen LogP contribution in [0.15, 0.2) is 30.9 Å². The zero-order valence-corrected chi connectivity index (χ0v) is 31.0. The summed E-state index contributed by atoms with van der Waals surface area (Å²) in [5, 5.41) is 0. The first-order chi connectivity index (χ1) is 23.2. The van der Waals surface area contributed by atoms with Gasteiger partial charge in [0.05, 0.1) is 26.0 Å². The van der Waals surface area contributed by atoms with Gasteiger partial charge in [0.25, 0.3) is 0 Å². The lowest BCUT2D eigenvalue weighted by atomic mass is 10.0. The van der Waals surface area contributed by atoms with Crippen LogP contribution in [0.2, 0.25) is 0 Å². The number of ether oxygens (including phenoxy) is 3. The van der Waals surface area contributed by atoms with E-state index < -0.39 is 11.2 Å². The Balaban J connectivity index is 1.48. The van der Waals surface area contributed by atoms with Crippen molar-refractivity contribution in [3.05, 3.63) is 30.9 Å². The number of hydrogen-bond acceptors (Lipinski definition) is 7. The molecule has 2 rings (SSSR count). The Hall–Kier alpha value is -1.68. The molecule has 2 unspecified atom stereocenters. The van der Waals surface area contributed by atoms with Crippen molar-refractivity contribution in [3.8, 4) is 6.01 Å². The predicted molar refractivity (Wildman–Crippen MR) is 197 cm³/mol. The maximum Gasteiger partial charge on any atom is 0.316 e. The molecule has 2 heterocycles. The van der Waals surface area contributed by atoms with Crippen molar-refractivity contribution in [1.29, 1.82) is 0 Å². The lowest BCUT2D eigenvalue weighted by molar-refractivity contribution is -0.460. The molecule has 9 heteroatoms. The normalized spacial score (nSPS) is 15.1. The van der Waals surface area contributed by atoms with Crippen LogP contribution in [0.1, 0.15) is 142 Å². The van der Waals surface area contributed by atoms with Gasteiger partial charge >= 0.3 is 6.01 Å². The fourth-order valence-corrected chi connectivity index (χ4v) is 6.75. The second kappa shape index (κ2) is 30.4. The maximum absolute atomic E-state index is 12.9. The Bertz CT molecular complexity index is 892. The number of unbranched alkanes of at least 4 members (excludes halogenated alkanes) is 18. The standard InChI is InChI=1S/C38H69N4O4S/c1-3-5-7-9-10-11-12-13-14-15-16-17-18-19-20-22-30-45-34-37(46-38-39-24-23-25-40-38)35-47(43)33-32-44-31-29-42-28-27-41(36-42)26-21-8-6-4-2/h23-28,37H,3-22,29-36H2,1-2H3/q+1. The third-order valence-electron chi connectivity index (χ3n) is 8.60. The summed E-state index contributed by atoms with van der Waals surface area (Å²) in [5.41, 5.74) is 0. The SMILES string of the molecule is CCCCCC=[N+]1C=CN(CCOCC[S+]([O-])CC(COCCCCCCCCCCCCCCCCCC)Oc2ncccn2)C1. The van der Waals surface area contributed by atoms with Crippen molar-refractivity contribution in [2.45, 2.75) is 148 Å². The summed E-state index contributed by atoms with van der Waals surface area (Å²) in [7, 11) is 0. The van der Waals surface area contributed by atoms with E-state index in [0.29, 0.717) is 43.9 Å². The van der Waals surface area contributed by atoms with Crippen molar-refractivity contribution in [2.75, 3.05) is 51.1 Å². The van der Waals surface area contributed by atoms with Gasteiger partial charge in [-0.25, -0.2) is 9.97 Å². The molecule has 0 saturated carbocycles. The van der Waals surface area contributed by atoms with Gasteiger partial charge < -0.3 is 23.7 Å². The van der Waals surface area contributed by atoms with E-state index in [4.69, 9.17) is 14.2 Å². The van der Waals surface area contributed by atoms with Crippen LogP contribution in [0.5, 0.6) is 6.01 Å². The van der Waals surface area contributed by atoms with E-state index >= 15 is 0 Å². The van der Waals surface area contributed by atoms with E-state index in [1.807, 2.05) is 0 Å². The lowest BCUT2D eigenvalue weighted by Gasteiger charge is -2.20. The van der Waals surface area contributed by atoms with Gasteiger partial charge in [-0.1, -0.05) is 123 Å². The molecule has 0 aliphatic carbocycles. The van der Waals surface area contributed by atoms with Gasteiger partial charge in [-0.05, 0) is 30.1 Å². The van der Waals surface area contributed by atoms with Crippen LogP contribution in [-0.2, 0) is 20.6 Å². The first kappa shape index (κ1) is 41.5. The molecule has 0 bridgehead atoms. The molecule has 0 fully saturated rings. The van der Waals surface area contributed by atoms with Crippen LogP contribution < -0.4 is 4.74 Å². The largest absolute Gasteiger partial charge is 0.616 e. The smallest absolute Gasteiger partial charge is 0.316 e. The summed E-state index contributed by atoms with van der Waals surface area (Å²) < 4.78 is 32.9. The molecule has 0 radical (unpaired) electrons. The topological polar surface area (TPSA) is 82.8 Å². The summed E-state index contributed by atoms with van der Waals surface area (Å²) in [6, 6.07) is 2.05. The fourth-order valence-electron chi connectivity index (χ4n) is 5.70. The highest BCUT2D eigenvalue weighted by Crippen LogP contribution is 2.14. The van der Waals surface area contributed by atoms with Gasteiger partial charge in [0.1, 0.15) is 17.7 Å². The summed E-state index contributed by atoms with van der Waals surface area (Å²) in [5.74, 6) is 0.847. The lowest BCUT2D eigenvalue weighted by Crippen LogP contribution is -2.34. The Labute approximate surface area is 291 Å². The van der Waals surface area contributed by atoms with Gasteiger partial charge in [-0.15, -0.1) is 0 Å². The minimum atomic E-state index is -1.09. The minimum Gasteiger partial charge on any atom is -0.616 e. The van der Waals surface area contributed by atoms with E-state index in [2.05, 4.69) is 51.9 Å². The van der Waals surface area contributed by atoms with Crippen molar-refractivity contribution >= 4 is 17.4 Å². The molecule has 1 aromatic heterocycles. The average Bonchev–Trinajstić information content (AvgIpc) is 3.54. The fraction of sp³-hybridized carbons (Fsp3) is 0.816. The van der Waals surface area contributed by atoms with E-state index in [9.17, 15) is 4.55 Å². The van der Waals surface area contributed by atoms with Crippen LogP contribution in [0, 0.1) is 0 Å². The van der Waals surface area contributed by atoms with Gasteiger partial charge in [-0.3, -0.25) is 0 Å². The summed E-state index contributed by atoms with van der Waals surface area (Å²) in [4.78, 5) is 10.6. The summed E-state index contributed by atoms with van der Waals surface area (Å²) in [6.45, 7) is 8.38. The molecular formula is C38H69N4O4S+. The zero-order valence-electron chi connectivity index (χ0n) is 30.2. The number of rotatable bonds is 33. The van der Waals surface area contributed by atoms with Crippen molar-refractivity contribution in [1.82, 2.24) is 14.9 Å². The quantitative estimate of drug-likeness (QED) is 0.0418. The van der Waals surface area contributed by atoms with Crippen LogP contribution in [0.3, 0.4) is 0 Å². The number of nitrogens with zero attached hydrogens (tertiary/aromatic N) is 4. The second-order valence-corrected chi connectivity index (χ2v) is 14.6. The monoisotopic (exact) mass is 678 g/mol. The van der Waals surface area contributed by atoms with Crippen molar-refractivity contribution in [3.63, 3.8) is 0 Å². The van der Waals surface area contributed by atoms with E-state index in [-0.39, 0.29) is 6.10 Å². The molecule has 0 N–H and O–H groups in total. The van der Waals surface area contributed by atoms with Gasteiger partial charge in [-0.2, -0.15) is 4.58 Å². The van der Waals surface area contributed by atoms with Crippen molar-refractivity contribution < 1.29 is 23.3 Å². The zero-order chi connectivity index (χ0) is 33.5. The third kappa shape index (κ3) is 24.2.